The second-order valence-electron chi connectivity index (χ2n) is 14.9. The minimum Gasteiger partial charge on any atom is -0.481 e. The van der Waals surface area contributed by atoms with Gasteiger partial charge in [-0.25, -0.2) is 0 Å². The Morgan fingerprint density at radius 1 is 0.833 bits per heavy atom. The normalized spacial score (nSPS) is 56.2. The molecule has 11 atom stereocenters. The summed E-state index contributed by atoms with van der Waals surface area (Å²) in [6, 6.07) is 0. The number of aliphatic hydroxyl groups is 4. The van der Waals surface area contributed by atoms with E-state index in [9.17, 15) is 30.3 Å². The van der Waals surface area contributed by atoms with E-state index in [1.165, 1.54) is 5.57 Å². The van der Waals surface area contributed by atoms with Gasteiger partial charge in [-0.2, -0.15) is 0 Å². The molecule has 6 heteroatoms. The van der Waals surface area contributed by atoms with Gasteiger partial charge in [-0.3, -0.25) is 4.79 Å². The second-order valence-corrected chi connectivity index (χ2v) is 14.9. The molecule has 5 aliphatic carbocycles. The van der Waals surface area contributed by atoms with Crippen LogP contribution in [0.25, 0.3) is 0 Å². The lowest BCUT2D eigenvalue weighted by atomic mass is 9.33. The van der Waals surface area contributed by atoms with E-state index in [0.717, 1.165) is 37.7 Å². The third-order valence-corrected chi connectivity index (χ3v) is 13.5. The van der Waals surface area contributed by atoms with E-state index in [1.54, 1.807) is 0 Å². The fraction of sp³-hybridized carbons (Fsp3) is 0.900. The van der Waals surface area contributed by atoms with E-state index in [1.807, 2.05) is 27.7 Å². The third-order valence-electron chi connectivity index (χ3n) is 13.5. The summed E-state index contributed by atoms with van der Waals surface area (Å²) in [5.74, 6) is -0.768. The SMILES string of the molecule is C[C@@H]1C2=C3CC[C@@H]4[C@@]5(C)[C@@H](O)[C@@H](O)[C@@H](O)C(C)(C)[C@@H]5CC[C@@]4(C)[C@]3(C)CC[C@@]2(C(=O)O)CC[C@]1(C)O. The zero-order valence-electron chi connectivity index (χ0n) is 23.3. The van der Waals surface area contributed by atoms with Crippen LogP contribution in [0.15, 0.2) is 11.1 Å². The van der Waals surface area contributed by atoms with Gasteiger partial charge < -0.3 is 25.5 Å². The molecule has 0 aromatic heterocycles. The number of fused-ring (bicyclic) bond motifs is 6. The summed E-state index contributed by atoms with van der Waals surface area (Å²) in [5.41, 5.74) is -1.11. The number of hydrogen-bond acceptors (Lipinski definition) is 5. The van der Waals surface area contributed by atoms with Crippen LogP contribution in [0.3, 0.4) is 0 Å². The monoisotopic (exact) mass is 504 g/mol. The van der Waals surface area contributed by atoms with Crippen LogP contribution in [0, 0.1) is 44.8 Å². The average molecular weight is 505 g/mol. The van der Waals surface area contributed by atoms with E-state index in [-0.39, 0.29) is 28.6 Å². The summed E-state index contributed by atoms with van der Waals surface area (Å²) in [7, 11) is 0. The van der Waals surface area contributed by atoms with Gasteiger partial charge in [-0.1, -0.05) is 47.1 Å². The van der Waals surface area contributed by atoms with Gasteiger partial charge in [-0.05, 0) is 91.9 Å². The lowest BCUT2D eigenvalue weighted by Crippen LogP contribution is -2.72. The maximum Gasteiger partial charge on any atom is 0.313 e. The van der Waals surface area contributed by atoms with E-state index >= 15 is 0 Å². The van der Waals surface area contributed by atoms with Crippen LogP contribution in [0.2, 0.25) is 0 Å². The first-order valence-corrected chi connectivity index (χ1v) is 14.2. The molecule has 204 valence electrons. The van der Waals surface area contributed by atoms with Crippen molar-refractivity contribution in [1.82, 2.24) is 0 Å². The quantitative estimate of drug-likeness (QED) is 0.340. The van der Waals surface area contributed by atoms with Crippen molar-refractivity contribution in [3.63, 3.8) is 0 Å². The van der Waals surface area contributed by atoms with Crippen molar-refractivity contribution in [1.29, 1.82) is 0 Å². The molecule has 5 aliphatic rings. The minimum absolute atomic E-state index is 0.0744. The van der Waals surface area contributed by atoms with Crippen molar-refractivity contribution in [2.45, 2.75) is 124 Å². The predicted octanol–water partition coefficient (Wildman–Crippen LogP) is 4.29. The van der Waals surface area contributed by atoms with E-state index in [4.69, 9.17) is 0 Å². The maximum atomic E-state index is 12.8. The van der Waals surface area contributed by atoms with Crippen LogP contribution >= 0.6 is 0 Å². The molecule has 0 unspecified atom stereocenters. The number of carboxylic acids is 1. The van der Waals surface area contributed by atoms with Gasteiger partial charge in [0, 0.05) is 11.3 Å². The highest BCUT2D eigenvalue weighted by Gasteiger charge is 2.72. The number of carbonyl (C=O) groups is 1. The number of aliphatic carboxylic acids is 1. The van der Waals surface area contributed by atoms with Crippen molar-refractivity contribution in [3.8, 4) is 0 Å². The summed E-state index contributed by atoms with van der Waals surface area (Å²) < 4.78 is 0. The Bertz CT molecular complexity index is 999. The summed E-state index contributed by atoms with van der Waals surface area (Å²) in [4.78, 5) is 12.8. The highest BCUT2D eigenvalue weighted by molar-refractivity contribution is 5.80. The summed E-state index contributed by atoms with van der Waals surface area (Å²) in [5, 5.41) is 55.3. The molecular weight excluding hydrogens is 456 g/mol. The van der Waals surface area contributed by atoms with Gasteiger partial charge in [0.05, 0.1) is 23.2 Å². The van der Waals surface area contributed by atoms with Gasteiger partial charge in [0.2, 0.25) is 0 Å². The molecule has 36 heavy (non-hydrogen) atoms. The molecule has 0 saturated heterocycles. The van der Waals surface area contributed by atoms with Crippen LogP contribution in [0.5, 0.6) is 0 Å². The Morgan fingerprint density at radius 2 is 1.44 bits per heavy atom. The molecule has 0 aliphatic heterocycles. The lowest BCUT2D eigenvalue weighted by Gasteiger charge is -2.72. The number of rotatable bonds is 1. The van der Waals surface area contributed by atoms with Gasteiger partial charge in [0.1, 0.15) is 6.10 Å². The Hall–Kier alpha value is -0.950. The lowest BCUT2D eigenvalue weighted by molar-refractivity contribution is -0.280. The number of carboxylic acid groups (broad SMARTS) is 1. The Labute approximate surface area is 216 Å². The second kappa shape index (κ2) is 7.58. The van der Waals surface area contributed by atoms with Crippen LogP contribution in [0.1, 0.15) is 99.8 Å². The number of allylic oxidation sites excluding steroid dienone is 1. The molecule has 0 amide bonds. The van der Waals surface area contributed by atoms with E-state index in [2.05, 4.69) is 20.8 Å². The molecule has 0 bridgehead atoms. The van der Waals surface area contributed by atoms with Crippen molar-refractivity contribution in [3.05, 3.63) is 11.1 Å². The predicted molar refractivity (Wildman–Crippen MR) is 137 cm³/mol. The highest BCUT2D eigenvalue weighted by atomic mass is 16.4. The summed E-state index contributed by atoms with van der Waals surface area (Å²) in [6.45, 7) is 14.7. The molecule has 0 spiro atoms. The highest BCUT2D eigenvalue weighted by Crippen LogP contribution is 2.75. The fourth-order valence-corrected chi connectivity index (χ4v) is 10.8. The number of hydrogen-bond donors (Lipinski definition) is 5. The molecule has 0 heterocycles. The zero-order valence-corrected chi connectivity index (χ0v) is 23.3. The molecule has 0 aromatic carbocycles. The first kappa shape index (κ1) is 26.6. The molecule has 0 radical (unpaired) electrons. The van der Waals surface area contributed by atoms with Gasteiger partial charge in [0.15, 0.2) is 0 Å². The Kier molecular flexibility index (Phi) is 5.61. The van der Waals surface area contributed by atoms with Crippen molar-refractivity contribution >= 4 is 5.97 Å². The maximum absolute atomic E-state index is 12.8. The van der Waals surface area contributed by atoms with Gasteiger partial charge in [-0.15, -0.1) is 0 Å². The number of aliphatic hydroxyl groups excluding tert-OH is 3. The van der Waals surface area contributed by atoms with Crippen LogP contribution in [-0.4, -0.2) is 55.4 Å². The average Bonchev–Trinajstić information content (AvgIpc) is 2.79. The smallest absolute Gasteiger partial charge is 0.313 e. The van der Waals surface area contributed by atoms with Crippen LogP contribution in [0.4, 0.5) is 0 Å². The largest absolute Gasteiger partial charge is 0.481 e. The van der Waals surface area contributed by atoms with Crippen molar-refractivity contribution < 1.29 is 30.3 Å². The molecule has 6 nitrogen and oxygen atoms in total. The summed E-state index contributed by atoms with van der Waals surface area (Å²) >= 11 is 0. The molecule has 4 fully saturated rings. The molecule has 5 N–H and O–H groups in total. The van der Waals surface area contributed by atoms with Crippen LogP contribution in [-0.2, 0) is 4.79 Å². The molecular formula is C30H48O6. The Morgan fingerprint density at radius 3 is 2.06 bits per heavy atom. The first-order chi connectivity index (χ1) is 16.4. The molecule has 4 saturated carbocycles. The van der Waals surface area contributed by atoms with Gasteiger partial charge in [0.25, 0.3) is 0 Å². The Balaban J connectivity index is 1.68. The fourth-order valence-electron chi connectivity index (χ4n) is 10.8. The minimum atomic E-state index is -1.18. The summed E-state index contributed by atoms with van der Waals surface area (Å²) in [6.07, 6.45) is 2.54. The third kappa shape index (κ3) is 2.85. The van der Waals surface area contributed by atoms with Crippen molar-refractivity contribution in [2.24, 2.45) is 44.8 Å². The van der Waals surface area contributed by atoms with Gasteiger partial charge >= 0.3 is 5.97 Å². The first-order valence-electron chi connectivity index (χ1n) is 14.2. The van der Waals surface area contributed by atoms with Crippen LogP contribution < -0.4 is 0 Å². The van der Waals surface area contributed by atoms with E-state index < -0.39 is 46.1 Å². The van der Waals surface area contributed by atoms with Crippen molar-refractivity contribution in [2.75, 3.05) is 0 Å². The zero-order chi connectivity index (χ0) is 26.9. The molecule has 0 aromatic rings. The molecule has 5 rings (SSSR count). The van der Waals surface area contributed by atoms with E-state index in [0.29, 0.717) is 19.3 Å². The topological polar surface area (TPSA) is 118 Å². The standard InChI is InChI=1S/C30H48O6/c1-16-20-17-8-9-19-27(5,11-10-18-25(2,3)22(32)21(31)23(33)29(18,19)7)26(17,4)12-14-30(20,24(34)35)15-13-28(16,6)36/h16,18-19,21-23,31-33,36H,8-15H2,1-7H3,(H,34,35)/t16-,18+,19+,21+,22-,23+,26-,27-,28+,29+,30-/m1/s1.